The fourth-order valence-corrected chi connectivity index (χ4v) is 2.12. The first-order chi connectivity index (χ1) is 9.92. The Morgan fingerprint density at radius 1 is 1.05 bits per heavy atom. The Kier molecular flexibility index (Phi) is 6.08. The summed E-state index contributed by atoms with van der Waals surface area (Å²) < 4.78 is 11.1. The standard InChI is InChI=1S/C16H22N2O2/c1-2-3-4-5-6-9-12-19-15-11-8-7-10-14(15)16-18-17-13-20-16/h7-8,10-11,13H,2-6,9,12H2,1H3. The van der Waals surface area contributed by atoms with E-state index < -0.39 is 0 Å². The first-order valence-corrected chi connectivity index (χ1v) is 7.40. The van der Waals surface area contributed by atoms with E-state index in [1.54, 1.807) is 0 Å². The van der Waals surface area contributed by atoms with E-state index in [9.17, 15) is 0 Å². The average Bonchev–Trinajstić information content (AvgIpc) is 3.01. The Bertz CT molecular complexity index is 483. The molecule has 0 bridgehead atoms. The van der Waals surface area contributed by atoms with Gasteiger partial charge >= 0.3 is 0 Å². The van der Waals surface area contributed by atoms with Crippen molar-refractivity contribution in [2.75, 3.05) is 6.61 Å². The van der Waals surface area contributed by atoms with Gasteiger partial charge in [0.2, 0.25) is 6.39 Å². The largest absolute Gasteiger partial charge is 0.493 e. The summed E-state index contributed by atoms with van der Waals surface area (Å²) in [6.45, 7) is 2.97. The zero-order valence-electron chi connectivity index (χ0n) is 12.0. The van der Waals surface area contributed by atoms with Crippen LogP contribution in [0.4, 0.5) is 0 Å². The van der Waals surface area contributed by atoms with Crippen LogP contribution in [0.1, 0.15) is 45.4 Å². The maximum atomic E-state index is 5.84. The van der Waals surface area contributed by atoms with Gasteiger partial charge in [0.1, 0.15) is 5.75 Å². The molecule has 0 saturated carbocycles. The molecule has 0 unspecified atom stereocenters. The average molecular weight is 274 g/mol. The minimum absolute atomic E-state index is 0.503. The zero-order chi connectivity index (χ0) is 14.0. The summed E-state index contributed by atoms with van der Waals surface area (Å²) in [6.07, 6.45) is 8.89. The van der Waals surface area contributed by atoms with Gasteiger partial charge in [0, 0.05) is 0 Å². The molecule has 2 rings (SSSR count). The third kappa shape index (κ3) is 4.37. The number of aromatic nitrogens is 2. The van der Waals surface area contributed by atoms with Gasteiger partial charge in [-0.15, -0.1) is 10.2 Å². The molecule has 0 saturated heterocycles. The normalized spacial score (nSPS) is 10.7. The highest BCUT2D eigenvalue weighted by Crippen LogP contribution is 2.28. The first-order valence-electron chi connectivity index (χ1n) is 7.40. The van der Waals surface area contributed by atoms with Crippen LogP contribution >= 0.6 is 0 Å². The molecule has 108 valence electrons. The number of hydrogen-bond donors (Lipinski definition) is 0. The zero-order valence-corrected chi connectivity index (χ0v) is 12.0. The number of para-hydroxylation sites is 1. The number of unbranched alkanes of at least 4 members (excludes halogenated alkanes) is 5. The number of nitrogens with zero attached hydrogens (tertiary/aromatic N) is 2. The van der Waals surface area contributed by atoms with Crippen molar-refractivity contribution in [1.82, 2.24) is 10.2 Å². The van der Waals surface area contributed by atoms with Crippen LogP contribution in [0, 0.1) is 0 Å². The van der Waals surface area contributed by atoms with Crippen molar-refractivity contribution in [3.8, 4) is 17.2 Å². The summed E-state index contributed by atoms with van der Waals surface area (Å²) >= 11 is 0. The molecule has 2 aromatic rings. The van der Waals surface area contributed by atoms with Gasteiger partial charge in [0.25, 0.3) is 5.89 Å². The van der Waals surface area contributed by atoms with Crippen LogP contribution in [0.3, 0.4) is 0 Å². The Hall–Kier alpha value is -1.84. The molecule has 0 N–H and O–H groups in total. The van der Waals surface area contributed by atoms with Crippen LogP contribution in [0.2, 0.25) is 0 Å². The molecule has 0 fully saturated rings. The topological polar surface area (TPSA) is 48.2 Å². The molecule has 0 atom stereocenters. The van der Waals surface area contributed by atoms with Crippen molar-refractivity contribution in [1.29, 1.82) is 0 Å². The molecule has 4 heteroatoms. The Labute approximate surface area is 120 Å². The van der Waals surface area contributed by atoms with Crippen molar-refractivity contribution in [3.63, 3.8) is 0 Å². The molecule has 0 aliphatic rings. The molecular formula is C16H22N2O2. The highest BCUT2D eigenvalue weighted by Gasteiger charge is 2.09. The quantitative estimate of drug-likeness (QED) is 0.633. The summed E-state index contributed by atoms with van der Waals surface area (Å²) in [4.78, 5) is 0. The van der Waals surface area contributed by atoms with Crippen molar-refractivity contribution in [3.05, 3.63) is 30.7 Å². The van der Waals surface area contributed by atoms with Gasteiger partial charge in [-0.3, -0.25) is 0 Å². The van der Waals surface area contributed by atoms with Crippen LogP contribution in [0.15, 0.2) is 35.1 Å². The molecule has 0 amide bonds. The maximum absolute atomic E-state index is 5.84. The van der Waals surface area contributed by atoms with E-state index >= 15 is 0 Å². The van der Waals surface area contributed by atoms with Crippen LogP contribution in [-0.2, 0) is 0 Å². The molecule has 0 aliphatic heterocycles. The molecule has 1 aromatic carbocycles. The van der Waals surface area contributed by atoms with E-state index in [1.807, 2.05) is 24.3 Å². The smallest absolute Gasteiger partial charge is 0.251 e. The molecule has 0 aliphatic carbocycles. The third-order valence-corrected chi connectivity index (χ3v) is 3.23. The molecule has 0 spiro atoms. The lowest BCUT2D eigenvalue weighted by Gasteiger charge is -2.09. The van der Waals surface area contributed by atoms with Crippen molar-refractivity contribution < 1.29 is 9.15 Å². The van der Waals surface area contributed by atoms with E-state index in [4.69, 9.17) is 9.15 Å². The number of benzene rings is 1. The summed E-state index contributed by atoms with van der Waals surface area (Å²) in [7, 11) is 0. The highest BCUT2D eigenvalue weighted by atomic mass is 16.5. The summed E-state index contributed by atoms with van der Waals surface area (Å²) in [5.41, 5.74) is 0.857. The van der Waals surface area contributed by atoms with Crippen LogP contribution in [-0.4, -0.2) is 16.8 Å². The molecule has 0 radical (unpaired) electrons. The molecule has 1 heterocycles. The molecule has 20 heavy (non-hydrogen) atoms. The predicted octanol–water partition coefficient (Wildman–Crippen LogP) is 4.48. The third-order valence-electron chi connectivity index (χ3n) is 3.23. The highest BCUT2D eigenvalue weighted by molar-refractivity contribution is 5.61. The predicted molar refractivity (Wildman–Crippen MR) is 78.6 cm³/mol. The Balaban J connectivity index is 1.79. The van der Waals surface area contributed by atoms with E-state index in [-0.39, 0.29) is 0 Å². The van der Waals surface area contributed by atoms with E-state index in [2.05, 4.69) is 17.1 Å². The van der Waals surface area contributed by atoms with Gasteiger partial charge in [-0.1, -0.05) is 51.2 Å². The fourth-order valence-electron chi connectivity index (χ4n) is 2.12. The molecular weight excluding hydrogens is 252 g/mol. The number of hydrogen-bond acceptors (Lipinski definition) is 4. The minimum Gasteiger partial charge on any atom is -0.493 e. The lowest BCUT2D eigenvalue weighted by Crippen LogP contribution is -1.99. The Morgan fingerprint density at radius 2 is 1.85 bits per heavy atom. The van der Waals surface area contributed by atoms with Gasteiger partial charge in [0.05, 0.1) is 12.2 Å². The maximum Gasteiger partial charge on any atom is 0.251 e. The molecule has 1 aromatic heterocycles. The van der Waals surface area contributed by atoms with Gasteiger partial charge in [-0.25, -0.2) is 0 Å². The second kappa shape index (κ2) is 8.35. The lowest BCUT2D eigenvalue weighted by atomic mass is 10.1. The minimum atomic E-state index is 0.503. The van der Waals surface area contributed by atoms with Crippen molar-refractivity contribution in [2.24, 2.45) is 0 Å². The van der Waals surface area contributed by atoms with E-state index in [0.29, 0.717) is 5.89 Å². The second-order valence-electron chi connectivity index (χ2n) is 4.86. The lowest BCUT2D eigenvalue weighted by molar-refractivity contribution is 0.305. The number of rotatable bonds is 9. The fraction of sp³-hybridized carbons (Fsp3) is 0.500. The summed E-state index contributed by atoms with van der Waals surface area (Å²) in [5, 5.41) is 7.63. The van der Waals surface area contributed by atoms with Crippen LogP contribution in [0.5, 0.6) is 5.75 Å². The van der Waals surface area contributed by atoms with E-state index in [1.165, 1.54) is 38.5 Å². The molecule has 4 nitrogen and oxygen atoms in total. The summed E-state index contributed by atoms with van der Waals surface area (Å²) in [5.74, 6) is 1.31. The first kappa shape index (κ1) is 14.6. The summed E-state index contributed by atoms with van der Waals surface area (Å²) in [6, 6.07) is 7.77. The van der Waals surface area contributed by atoms with Crippen molar-refractivity contribution in [2.45, 2.75) is 45.4 Å². The van der Waals surface area contributed by atoms with Gasteiger partial charge in [-0.05, 0) is 18.6 Å². The SMILES string of the molecule is CCCCCCCCOc1ccccc1-c1nnco1. The monoisotopic (exact) mass is 274 g/mol. The Morgan fingerprint density at radius 3 is 2.65 bits per heavy atom. The van der Waals surface area contributed by atoms with Gasteiger partial charge in [0.15, 0.2) is 0 Å². The van der Waals surface area contributed by atoms with Crippen LogP contribution in [0.25, 0.3) is 11.5 Å². The van der Waals surface area contributed by atoms with E-state index in [0.717, 1.165) is 24.3 Å². The van der Waals surface area contributed by atoms with Gasteiger partial charge in [-0.2, -0.15) is 0 Å². The number of ether oxygens (including phenoxy) is 1. The van der Waals surface area contributed by atoms with Crippen molar-refractivity contribution >= 4 is 0 Å². The van der Waals surface area contributed by atoms with Gasteiger partial charge < -0.3 is 9.15 Å². The van der Waals surface area contributed by atoms with Crippen LogP contribution < -0.4 is 4.74 Å². The second-order valence-corrected chi connectivity index (χ2v) is 4.86.